The van der Waals surface area contributed by atoms with Gasteiger partial charge in [0.05, 0.1) is 21.2 Å². The number of nitro groups is 2. The minimum absolute atomic E-state index is 0. The zero-order chi connectivity index (χ0) is 38.5. The first-order valence-electron chi connectivity index (χ1n) is 15.9. The number of azo groups is 2. The third-order valence-corrected chi connectivity index (χ3v) is 7.66. The SMILES string of the molecule is CCCCn1c(O)c(N=Nc2ccc([N+](=O)[O-])cc2)c(C)c(C#N)c1=O.CCCCn1c(O)c(N=Nc2ccc([N+](=O)[O-])cc2)c(C)c(C#N)c1=O.O.O.[Cu]. The summed E-state index contributed by atoms with van der Waals surface area (Å²) in [5.74, 6) is -0.712. The Morgan fingerprint density at radius 1 is 0.655 bits per heavy atom. The summed E-state index contributed by atoms with van der Waals surface area (Å²) in [6, 6.07) is 14.5. The normalized spacial score (nSPS) is 10.2. The molecule has 0 saturated heterocycles. The summed E-state index contributed by atoms with van der Waals surface area (Å²) in [6.07, 6.45) is 2.92. The Morgan fingerprint density at radius 3 is 1.22 bits per heavy atom. The molecule has 0 fully saturated rings. The molecule has 1 radical (unpaired) electrons. The molecule has 55 heavy (non-hydrogen) atoms. The van der Waals surface area contributed by atoms with Crippen LogP contribution in [0, 0.1) is 56.7 Å². The van der Waals surface area contributed by atoms with E-state index < -0.39 is 21.0 Å². The van der Waals surface area contributed by atoms with Gasteiger partial charge in [0.2, 0.25) is 11.8 Å². The smallest absolute Gasteiger partial charge is 0.271 e. The maximum Gasteiger partial charge on any atom is 0.271 e. The van der Waals surface area contributed by atoms with Crippen LogP contribution in [0.3, 0.4) is 0 Å². The Labute approximate surface area is 323 Å². The Bertz CT molecular complexity index is 2080. The van der Waals surface area contributed by atoms with Crippen molar-refractivity contribution in [2.24, 2.45) is 20.5 Å². The first-order valence-corrected chi connectivity index (χ1v) is 15.9. The van der Waals surface area contributed by atoms with E-state index in [4.69, 9.17) is 0 Å². The fourth-order valence-corrected chi connectivity index (χ4v) is 4.66. The molecule has 6 N–H and O–H groups in total. The number of aromatic hydroxyl groups is 2. The largest absolute Gasteiger partial charge is 0.493 e. The summed E-state index contributed by atoms with van der Waals surface area (Å²) in [5, 5.41) is 76.4. The summed E-state index contributed by atoms with van der Waals surface area (Å²) in [4.78, 5) is 44.9. The molecule has 0 aliphatic rings. The second-order valence-corrected chi connectivity index (χ2v) is 11.1. The number of rotatable bonds is 12. The van der Waals surface area contributed by atoms with Gasteiger partial charge in [-0.3, -0.25) is 39.0 Å². The molecule has 4 rings (SSSR count). The van der Waals surface area contributed by atoms with E-state index in [0.29, 0.717) is 24.2 Å². The van der Waals surface area contributed by atoms with Crippen LogP contribution in [0.2, 0.25) is 0 Å². The van der Waals surface area contributed by atoms with Crippen LogP contribution < -0.4 is 11.1 Å². The molecule has 0 atom stereocenters. The van der Waals surface area contributed by atoms with Gasteiger partial charge >= 0.3 is 0 Å². The van der Waals surface area contributed by atoms with E-state index >= 15 is 0 Å². The van der Waals surface area contributed by atoms with Crippen LogP contribution >= 0.6 is 0 Å². The molecule has 0 aliphatic carbocycles. The average molecular weight is 810 g/mol. The molecule has 2 heterocycles. The number of nitrogens with zero attached hydrogens (tertiary/aromatic N) is 10. The molecule has 0 unspecified atom stereocenters. The molecule has 0 aliphatic heterocycles. The molecule has 0 spiro atoms. The number of pyridine rings is 2. The molecule has 0 saturated carbocycles. The predicted octanol–water partition coefficient (Wildman–Crippen LogP) is 6.06. The minimum Gasteiger partial charge on any atom is -0.493 e. The zero-order valence-electron chi connectivity index (χ0n) is 30.0. The van der Waals surface area contributed by atoms with Crippen molar-refractivity contribution in [1.82, 2.24) is 9.13 Å². The molecule has 295 valence electrons. The first kappa shape index (κ1) is 48.4. The van der Waals surface area contributed by atoms with Gasteiger partial charge in [-0.1, -0.05) is 26.7 Å². The topological polar surface area (TPSA) is 331 Å². The Hall–Kier alpha value is -6.64. The summed E-state index contributed by atoms with van der Waals surface area (Å²) in [6.45, 7) is 7.42. The molecule has 4 aromatic rings. The van der Waals surface area contributed by atoms with Gasteiger partial charge in [0, 0.05) is 65.6 Å². The Morgan fingerprint density at radius 2 is 0.964 bits per heavy atom. The summed E-state index contributed by atoms with van der Waals surface area (Å²) in [5.41, 5.74) is -0.319. The monoisotopic (exact) mass is 809 g/mol. The van der Waals surface area contributed by atoms with Crippen molar-refractivity contribution in [3.63, 3.8) is 0 Å². The van der Waals surface area contributed by atoms with E-state index in [1.807, 2.05) is 26.0 Å². The van der Waals surface area contributed by atoms with Gasteiger partial charge in [0.15, 0.2) is 11.4 Å². The number of nitriles is 2. The number of nitro benzene ring substituents is 2. The maximum atomic E-state index is 12.3. The van der Waals surface area contributed by atoms with E-state index in [-0.39, 0.29) is 97.9 Å². The standard InChI is InChI=1S/2C17H17N5O4.Cu.2H2O/c2*1-3-4-9-21-16(23)14(10-18)11(2)15(17(21)24)20-19-12-5-7-13(8-6-12)22(25)26;;;/h2*5-8,24H,3-4,9H2,1-2H3;;2*1H2. The summed E-state index contributed by atoms with van der Waals surface area (Å²) >= 11 is 0. The number of hydrogen-bond acceptors (Lipinski definition) is 14. The predicted molar refractivity (Wildman–Crippen MR) is 195 cm³/mol. The van der Waals surface area contributed by atoms with Gasteiger partial charge in [0.1, 0.15) is 23.3 Å². The second-order valence-electron chi connectivity index (χ2n) is 11.1. The Balaban J connectivity index is 0.00000101. The van der Waals surface area contributed by atoms with Crippen molar-refractivity contribution in [1.29, 1.82) is 10.5 Å². The van der Waals surface area contributed by atoms with Crippen molar-refractivity contribution >= 4 is 34.1 Å². The molecule has 2 aromatic carbocycles. The fourth-order valence-electron chi connectivity index (χ4n) is 4.66. The molecule has 2 aromatic heterocycles. The molecule has 0 bridgehead atoms. The van der Waals surface area contributed by atoms with Crippen LogP contribution in [0.1, 0.15) is 61.8 Å². The van der Waals surface area contributed by atoms with Crippen LogP contribution in [-0.2, 0) is 30.2 Å². The number of unbranched alkanes of at least 4 members (excludes halogenated alkanes) is 2. The van der Waals surface area contributed by atoms with Crippen LogP contribution in [0.15, 0.2) is 78.6 Å². The third-order valence-electron chi connectivity index (χ3n) is 7.66. The number of hydrogen-bond donors (Lipinski definition) is 2. The Kier molecular flexibility index (Phi) is 19.7. The van der Waals surface area contributed by atoms with Crippen molar-refractivity contribution in [3.8, 4) is 23.9 Å². The van der Waals surface area contributed by atoms with Gasteiger partial charge in [0.25, 0.3) is 22.5 Å². The van der Waals surface area contributed by atoms with Crippen LogP contribution in [0.25, 0.3) is 0 Å². The third kappa shape index (κ3) is 11.7. The fraction of sp³-hybridized carbons (Fsp3) is 0.294. The minimum atomic E-state index is -0.565. The average Bonchev–Trinajstić information content (AvgIpc) is 3.12. The van der Waals surface area contributed by atoms with Crippen molar-refractivity contribution in [3.05, 3.63) is 112 Å². The quantitative estimate of drug-likeness (QED) is 0.0720. The molecular formula is C34H38CuN10O10. The molecule has 21 heteroatoms. The molecular weight excluding hydrogens is 772 g/mol. The van der Waals surface area contributed by atoms with Crippen LogP contribution in [-0.4, -0.2) is 40.1 Å². The van der Waals surface area contributed by atoms with Crippen molar-refractivity contribution in [2.75, 3.05) is 0 Å². The number of non-ortho nitro benzene ring substituents is 2. The van der Waals surface area contributed by atoms with E-state index in [0.717, 1.165) is 22.0 Å². The number of aromatic nitrogens is 2. The summed E-state index contributed by atoms with van der Waals surface area (Å²) < 4.78 is 2.22. The van der Waals surface area contributed by atoms with E-state index in [1.165, 1.54) is 62.4 Å². The van der Waals surface area contributed by atoms with Gasteiger partial charge in [-0.2, -0.15) is 20.8 Å². The van der Waals surface area contributed by atoms with E-state index in [2.05, 4.69) is 20.5 Å². The van der Waals surface area contributed by atoms with Crippen LogP contribution in [0.5, 0.6) is 11.8 Å². The van der Waals surface area contributed by atoms with Gasteiger partial charge < -0.3 is 21.2 Å². The van der Waals surface area contributed by atoms with Crippen LogP contribution in [0.4, 0.5) is 34.1 Å². The maximum absolute atomic E-state index is 12.3. The molecule has 0 amide bonds. The van der Waals surface area contributed by atoms with Crippen molar-refractivity contribution in [2.45, 2.75) is 66.5 Å². The van der Waals surface area contributed by atoms with E-state index in [9.17, 15) is 50.6 Å². The van der Waals surface area contributed by atoms with Gasteiger partial charge in [-0.25, -0.2) is 0 Å². The van der Waals surface area contributed by atoms with Gasteiger partial charge in [-0.15, -0.1) is 10.2 Å². The van der Waals surface area contributed by atoms with E-state index in [1.54, 1.807) is 0 Å². The van der Waals surface area contributed by atoms with Gasteiger partial charge in [-0.05, 0) is 51.0 Å². The second kappa shape index (κ2) is 22.4. The molecule has 20 nitrogen and oxygen atoms in total. The number of benzene rings is 2. The zero-order valence-corrected chi connectivity index (χ0v) is 30.9. The van der Waals surface area contributed by atoms with Crippen molar-refractivity contribution < 1.29 is 48.1 Å². The first-order chi connectivity index (χ1) is 24.8. The summed E-state index contributed by atoms with van der Waals surface area (Å²) in [7, 11) is 0.